The summed E-state index contributed by atoms with van der Waals surface area (Å²) >= 11 is 0. The van der Waals surface area contributed by atoms with Gasteiger partial charge in [-0.3, -0.25) is 0 Å². The van der Waals surface area contributed by atoms with Crippen LogP contribution in [0.5, 0.6) is 5.75 Å². The number of ether oxygens (including phenoxy) is 1. The Morgan fingerprint density at radius 1 is 1.33 bits per heavy atom. The van der Waals surface area contributed by atoms with Crippen LogP contribution in [0.1, 0.15) is 6.42 Å². The molecule has 1 heterocycles. The maximum atomic E-state index is 13.3. The Labute approximate surface area is 123 Å². The third-order valence-electron chi connectivity index (χ3n) is 3.02. The van der Waals surface area contributed by atoms with Crippen LogP contribution >= 0.6 is 0 Å². The monoisotopic (exact) mass is 337 g/mol. The summed E-state index contributed by atoms with van der Waals surface area (Å²) in [5.74, 6) is -1.13. The van der Waals surface area contributed by atoms with Crippen molar-refractivity contribution in [3.8, 4) is 5.75 Å². The highest BCUT2D eigenvalue weighted by Gasteiger charge is 2.30. The van der Waals surface area contributed by atoms with Crippen LogP contribution in [-0.4, -0.2) is 46.7 Å². The number of sulfonamides is 1. The lowest BCUT2D eigenvalue weighted by Gasteiger charge is -2.12. The molecule has 1 saturated heterocycles. The molecule has 0 bridgehead atoms. The molecule has 0 aromatic heterocycles. The van der Waals surface area contributed by atoms with Crippen LogP contribution in [-0.2, 0) is 19.9 Å². The maximum Gasteiger partial charge on any atom is 0.215 e. The first kappa shape index (κ1) is 16.2. The van der Waals surface area contributed by atoms with Crippen molar-refractivity contribution in [1.29, 1.82) is 0 Å². The second-order valence-electron chi connectivity index (χ2n) is 4.82. The van der Waals surface area contributed by atoms with Crippen LogP contribution < -0.4 is 9.46 Å². The summed E-state index contributed by atoms with van der Waals surface area (Å²) in [4.78, 5) is 0. The Bertz CT molecular complexity index is 702. The van der Waals surface area contributed by atoms with Gasteiger partial charge >= 0.3 is 0 Å². The van der Waals surface area contributed by atoms with Gasteiger partial charge in [0, 0.05) is 6.04 Å². The molecule has 1 aromatic carbocycles. The molecule has 1 aliphatic heterocycles. The maximum absolute atomic E-state index is 13.3. The molecule has 1 unspecified atom stereocenters. The Morgan fingerprint density at radius 3 is 2.67 bits per heavy atom. The number of para-hydroxylation sites is 1. The van der Waals surface area contributed by atoms with Gasteiger partial charge in [-0.1, -0.05) is 12.1 Å². The summed E-state index contributed by atoms with van der Waals surface area (Å²) < 4.78 is 66.8. The normalized spacial score (nSPS) is 21.3. The van der Waals surface area contributed by atoms with Crippen molar-refractivity contribution in [2.24, 2.45) is 0 Å². The van der Waals surface area contributed by atoms with Crippen LogP contribution in [0.15, 0.2) is 24.3 Å². The number of hydrogen-bond donors (Lipinski definition) is 1. The van der Waals surface area contributed by atoms with Gasteiger partial charge in [-0.05, 0) is 18.6 Å². The van der Waals surface area contributed by atoms with Crippen molar-refractivity contribution >= 4 is 19.9 Å². The van der Waals surface area contributed by atoms with E-state index in [4.69, 9.17) is 4.74 Å². The minimum absolute atomic E-state index is 0.00802. The van der Waals surface area contributed by atoms with Gasteiger partial charge in [0.1, 0.15) is 6.61 Å². The summed E-state index contributed by atoms with van der Waals surface area (Å²) in [5, 5.41) is 0. The second-order valence-corrected chi connectivity index (χ2v) is 8.92. The van der Waals surface area contributed by atoms with Crippen molar-refractivity contribution in [2.45, 2.75) is 12.5 Å². The minimum atomic E-state index is -3.66. The number of nitrogens with one attached hydrogen (secondary N) is 1. The van der Waals surface area contributed by atoms with Gasteiger partial charge < -0.3 is 4.74 Å². The van der Waals surface area contributed by atoms with Crippen LogP contribution in [0.25, 0.3) is 0 Å². The lowest BCUT2D eigenvalue weighted by Crippen LogP contribution is -2.38. The summed E-state index contributed by atoms with van der Waals surface area (Å²) in [6.07, 6.45) is 0.274. The summed E-state index contributed by atoms with van der Waals surface area (Å²) in [7, 11) is -6.80. The summed E-state index contributed by atoms with van der Waals surface area (Å²) in [5.41, 5.74) is 0. The van der Waals surface area contributed by atoms with E-state index in [9.17, 15) is 21.2 Å². The predicted octanol–water partition coefficient (Wildman–Crippen LogP) is 0.311. The van der Waals surface area contributed by atoms with Gasteiger partial charge in [-0.15, -0.1) is 0 Å². The van der Waals surface area contributed by atoms with E-state index in [0.717, 1.165) is 0 Å². The Hall–Kier alpha value is -1.19. The average Bonchev–Trinajstić information content (AvgIpc) is 2.70. The van der Waals surface area contributed by atoms with E-state index in [1.165, 1.54) is 18.2 Å². The quantitative estimate of drug-likeness (QED) is 0.807. The first-order valence-corrected chi connectivity index (χ1v) is 9.82. The number of benzene rings is 1. The van der Waals surface area contributed by atoms with Crippen molar-refractivity contribution in [3.63, 3.8) is 0 Å². The van der Waals surface area contributed by atoms with E-state index < -0.39 is 31.7 Å². The average molecular weight is 337 g/mol. The molecule has 0 aliphatic carbocycles. The molecule has 0 amide bonds. The zero-order chi connectivity index (χ0) is 15.5. The first-order chi connectivity index (χ1) is 9.77. The van der Waals surface area contributed by atoms with E-state index in [2.05, 4.69) is 4.72 Å². The zero-order valence-electron chi connectivity index (χ0n) is 11.2. The smallest absolute Gasteiger partial charge is 0.215 e. The minimum Gasteiger partial charge on any atom is -0.489 e. The van der Waals surface area contributed by atoms with Gasteiger partial charge in [0.2, 0.25) is 10.0 Å². The first-order valence-electron chi connectivity index (χ1n) is 6.35. The van der Waals surface area contributed by atoms with Crippen LogP contribution in [0.3, 0.4) is 0 Å². The molecular formula is C12H16FNO5S2. The van der Waals surface area contributed by atoms with Gasteiger partial charge in [0.05, 0.1) is 17.3 Å². The third kappa shape index (κ3) is 4.94. The molecule has 1 N–H and O–H groups in total. The lowest BCUT2D eigenvalue weighted by atomic mass is 10.3. The zero-order valence-corrected chi connectivity index (χ0v) is 12.8. The predicted molar refractivity (Wildman–Crippen MR) is 75.9 cm³/mol. The molecule has 0 spiro atoms. The molecule has 21 heavy (non-hydrogen) atoms. The van der Waals surface area contributed by atoms with Gasteiger partial charge in [0.15, 0.2) is 21.4 Å². The van der Waals surface area contributed by atoms with Crippen molar-refractivity contribution in [1.82, 2.24) is 4.72 Å². The van der Waals surface area contributed by atoms with Gasteiger partial charge in [-0.2, -0.15) is 0 Å². The Kier molecular flexibility index (Phi) is 4.84. The van der Waals surface area contributed by atoms with Crippen LogP contribution in [0.2, 0.25) is 0 Å². The Morgan fingerprint density at radius 2 is 2.05 bits per heavy atom. The van der Waals surface area contributed by atoms with E-state index >= 15 is 0 Å². The number of sulfone groups is 1. The molecule has 118 valence electrons. The molecule has 0 saturated carbocycles. The molecule has 6 nitrogen and oxygen atoms in total. The summed E-state index contributed by atoms with van der Waals surface area (Å²) in [6.45, 7) is -0.213. The summed E-state index contributed by atoms with van der Waals surface area (Å²) in [6, 6.07) is 5.11. The lowest BCUT2D eigenvalue weighted by molar-refractivity contribution is 0.321. The fourth-order valence-corrected chi connectivity index (χ4v) is 4.93. The van der Waals surface area contributed by atoms with E-state index in [1.54, 1.807) is 6.07 Å². The molecule has 2 rings (SSSR count). The van der Waals surface area contributed by atoms with Crippen LogP contribution in [0.4, 0.5) is 4.39 Å². The van der Waals surface area contributed by atoms with Gasteiger partial charge in [0.25, 0.3) is 0 Å². The van der Waals surface area contributed by atoms with Crippen molar-refractivity contribution < 1.29 is 26.0 Å². The van der Waals surface area contributed by atoms with E-state index in [0.29, 0.717) is 0 Å². The molecule has 1 atom stereocenters. The highest BCUT2D eigenvalue weighted by Crippen LogP contribution is 2.15. The highest BCUT2D eigenvalue weighted by atomic mass is 32.2. The largest absolute Gasteiger partial charge is 0.489 e. The highest BCUT2D eigenvalue weighted by molar-refractivity contribution is 7.92. The fourth-order valence-electron chi connectivity index (χ4n) is 2.02. The van der Waals surface area contributed by atoms with Crippen molar-refractivity contribution in [2.75, 3.05) is 23.9 Å². The fraction of sp³-hybridized carbons (Fsp3) is 0.500. The molecule has 9 heteroatoms. The molecular weight excluding hydrogens is 321 g/mol. The number of halogens is 1. The number of rotatable bonds is 6. The topological polar surface area (TPSA) is 89.5 Å². The Balaban J connectivity index is 1.83. The van der Waals surface area contributed by atoms with Crippen molar-refractivity contribution in [3.05, 3.63) is 30.1 Å². The van der Waals surface area contributed by atoms with E-state index in [1.807, 2.05) is 0 Å². The molecule has 0 radical (unpaired) electrons. The number of hydrogen-bond acceptors (Lipinski definition) is 5. The SMILES string of the molecule is O=S1(=O)CCC(NS(=O)(=O)CCOc2ccccc2F)C1. The van der Waals surface area contributed by atoms with E-state index in [-0.39, 0.29) is 36.0 Å². The molecule has 1 aromatic rings. The van der Waals surface area contributed by atoms with Crippen LogP contribution in [0, 0.1) is 5.82 Å². The molecule has 1 aliphatic rings. The standard InChI is InChI=1S/C12H16FNO5S2/c13-11-3-1-2-4-12(11)19-6-8-21(17,18)14-10-5-7-20(15,16)9-10/h1-4,10,14H,5-9H2. The molecule has 1 fully saturated rings. The second kappa shape index (κ2) is 6.29. The van der Waals surface area contributed by atoms with Gasteiger partial charge in [-0.25, -0.2) is 25.9 Å². The third-order valence-corrected chi connectivity index (χ3v) is 6.19.